The fourth-order valence-electron chi connectivity index (χ4n) is 2.03. The number of rotatable bonds is 8. The second-order valence-corrected chi connectivity index (χ2v) is 5.89. The SMILES string of the molecule is Cc1cccc(CCNC(C)C(=O)NCCC(C)C)c1. The Morgan fingerprint density at radius 3 is 2.60 bits per heavy atom. The summed E-state index contributed by atoms with van der Waals surface area (Å²) in [5.41, 5.74) is 2.59. The predicted molar refractivity (Wildman–Crippen MR) is 84.8 cm³/mol. The van der Waals surface area contributed by atoms with E-state index in [1.54, 1.807) is 0 Å². The zero-order chi connectivity index (χ0) is 15.0. The Morgan fingerprint density at radius 2 is 1.95 bits per heavy atom. The Morgan fingerprint density at radius 1 is 1.20 bits per heavy atom. The molecule has 1 aromatic carbocycles. The molecule has 0 aliphatic rings. The van der Waals surface area contributed by atoms with Crippen LogP contribution in [-0.2, 0) is 11.2 Å². The van der Waals surface area contributed by atoms with Crippen molar-refractivity contribution in [2.24, 2.45) is 5.92 Å². The highest BCUT2D eigenvalue weighted by Crippen LogP contribution is 2.04. The van der Waals surface area contributed by atoms with Crippen LogP contribution < -0.4 is 10.6 Å². The number of hydrogen-bond donors (Lipinski definition) is 2. The molecule has 1 atom stereocenters. The van der Waals surface area contributed by atoms with E-state index >= 15 is 0 Å². The molecule has 0 aliphatic carbocycles. The van der Waals surface area contributed by atoms with Gasteiger partial charge in [-0.25, -0.2) is 0 Å². The molecular weight excluding hydrogens is 248 g/mol. The number of nitrogens with one attached hydrogen (secondary N) is 2. The molecule has 1 unspecified atom stereocenters. The van der Waals surface area contributed by atoms with Crippen LogP contribution in [0.1, 0.15) is 38.3 Å². The molecule has 0 saturated carbocycles. The molecule has 1 aromatic rings. The van der Waals surface area contributed by atoms with Crippen molar-refractivity contribution in [2.75, 3.05) is 13.1 Å². The molecule has 0 radical (unpaired) electrons. The van der Waals surface area contributed by atoms with Crippen LogP contribution in [0.3, 0.4) is 0 Å². The van der Waals surface area contributed by atoms with Crippen LogP contribution in [0.25, 0.3) is 0 Å². The molecule has 20 heavy (non-hydrogen) atoms. The topological polar surface area (TPSA) is 41.1 Å². The van der Waals surface area contributed by atoms with Crippen molar-refractivity contribution in [3.8, 4) is 0 Å². The highest BCUT2D eigenvalue weighted by molar-refractivity contribution is 5.81. The first kappa shape index (κ1) is 16.7. The maximum Gasteiger partial charge on any atom is 0.236 e. The van der Waals surface area contributed by atoms with Crippen molar-refractivity contribution in [3.05, 3.63) is 35.4 Å². The third-order valence-electron chi connectivity index (χ3n) is 3.36. The summed E-state index contributed by atoms with van der Waals surface area (Å²) < 4.78 is 0. The zero-order valence-corrected chi connectivity index (χ0v) is 13.2. The van der Waals surface area contributed by atoms with Gasteiger partial charge in [-0.2, -0.15) is 0 Å². The van der Waals surface area contributed by atoms with E-state index < -0.39 is 0 Å². The average molecular weight is 276 g/mol. The number of benzene rings is 1. The summed E-state index contributed by atoms with van der Waals surface area (Å²) in [5.74, 6) is 0.717. The van der Waals surface area contributed by atoms with Crippen molar-refractivity contribution >= 4 is 5.91 Å². The maximum absolute atomic E-state index is 11.8. The monoisotopic (exact) mass is 276 g/mol. The van der Waals surface area contributed by atoms with E-state index in [0.29, 0.717) is 5.92 Å². The highest BCUT2D eigenvalue weighted by Gasteiger charge is 2.11. The van der Waals surface area contributed by atoms with E-state index in [4.69, 9.17) is 0 Å². The lowest BCUT2D eigenvalue weighted by Crippen LogP contribution is -2.43. The smallest absolute Gasteiger partial charge is 0.236 e. The summed E-state index contributed by atoms with van der Waals surface area (Å²) in [4.78, 5) is 11.8. The maximum atomic E-state index is 11.8. The fraction of sp³-hybridized carbons (Fsp3) is 0.588. The Bertz CT molecular complexity index is 415. The summed E-state index contributed by atoms with van der Waals surface area (Å²) in [6, 6.07) is 8.36. The van der Waals surface area contributed by atoms with Crippen LogP contribution in [0, 0.1) is 12.8 Å². The zero-order valence-electron chi connectivity index (χ0n) is 13.2. The lowest BCUT2D eigenvalue weighted by Gasteiger charge is -2.14. The van der Waals surface area contributed by atoms with Gasteiger partial charge in [0.15, 0.2) is 0 Å². The first-order valence-electron chi connectivity index (χ1n) is 7.55. The van der Waals surface area contributed by atoms with E-state index in [1.165, 1.54) is 11.1 Å². The van der Waals surface area contributed by atoms with Crippen LogP contribution in [-0.4, -0.2) is 25.0 Å². The summed E-state index contributed by atoms with van der Waals surface area (Å²) >= 11 is 0. The molecule has 0 bridgehead atoms. The molecule has 0 heterocycles. The molecule has 3 heteroatoms. The minimum atomic E-state index is -0.132. The second kappa shape index (κ2) is 8.75. The normalized spacial score (nSPS) is 12.4. The number of hydrogen-bond acceptors (Lipinski definition) is 2. The van der Waals surface area contributed by atoms with E-state index in [-0.39, 0.29) is 11.9 Å². The van der Waals surface area contributed by atoms with E-state index in [9.17, 15) is 4.79 Å². The molecule has 1 amide bonds. The Labute approximate surface area is 123 Å². The lowest BCUT2D eigenvalue weighted by atomic mass is 10.1. The lowest BCUT2D eigenvalue weighted by molar-refractivity contribution is -0.122. The third kappa shape index (κ3) is 6.71. The van der Waals surface area contributed by atoms with Crippen LogP contribution in [0.2, 0.25) is 0 Å². The van der Waals surface area contributed by atoms with Gasteiger partial charge in [-0.3, -0.25) is 4.79 Å². The third-order valence-corrected chi connectivity index (χ3v) is 3.36. The second-order valence-electron chi connectivity index (χ2n) is 5.89. The molecular formula is C17H28N2O. The first-order valence-corrected chi connectivity index (χ1v) is 7.55. The van der Waals surface area contributed by atoms with Gasteiger partial charge < -0.3 is 10.6 Å². The quantitative estimate of drug-likeness (QED) is 0.766. The van der Waals surface area contributed by atoms with E-state index in [2.05, 4.69) is 55.7 Å². The van der Waals surface area contributed by atoms with Gasteiger partial charge in [-0.05, 0) is 44.7 Å². The largest absolute Gasteiger partial charge is 0.355 e. The van der Waals surface area contributed by atoms with E-state index in [0.717, 1.165) is 25.9 Å². The molecule has 3 nitrogen and oxygen atoms in total. The van der Waals surface area contributed by atoms with Gasteiger partial charge in [0.25, 0.3) is 0 Å². The fourth-order valence-corrected chi connectivity index (χ4v) is 2.03. The van der Waals surface area contributed by atoms with Crippen LogP contribution in [0.15, 0.2) is 24.3 Å². The molecule has 0 spiro atoms. The van der Waals surface area contributed by atoms with Crippen LogP contribution >= 0.6 is 0 Å². The van der Waals surface area contributed by atoms with Crippen molar-refractivity contribution in [3.63, 3.8) is 0 Å². The Kier molecular flexibility index (Phi) is 7.31. The molecule has 0 saturated heterocycles. The van der Waals surface area contributed by atoms with Gasteiger partial charge in [-0.1, -0.05) is 43.7 Å². The molecule has 1 rings (SSSR count). The average Bonchev–Trinajstić information content (AvgIpc) is 2.38. The summed E-state index contributed by atoms with van der Waals surface area (Å²) in [6.07, 6.45) is 1.98. The first-order chi connectivity index (χ1) is 9.49. The van der Waals surface area contributed by atoms with Gasteiger partial charge in [0.2, 0.25) is 5.91 Å². The standard InChI is InChI=1S/C17H28N2O/c1-13(2)8-10-19-17(20)15(4)18-11-9-16-7-5-6-14(3)12-16/h5-7,12-13,15,18H,8-11H2,1-4H3,(H,19,20). The predicted octanol–water partition coefficient (Wildman–Crippen LogP) is 2.68. The number of aryl methyl sites for hydroxylation is 1. The summed E-state index contributed by atoms with van der Waals surface area (Å²) in [5, 5.41) is 6.25. The van der Waals surface area contributed by atoms with Gasteiger partial charge >= 0.3 is 0 Å². The summed E-state index contributed by atoms with van der Waals surface area (Å²) in [6.45, 7) is 9.93. The van der Waals surface area contributed by atoms with Crippen molar-refractivity contribution in [1.29, 1.82) is 0 Å². The molecule has 2 N–H and O–H groups in total. The molecule has 0 fully saturated rings. The number of amides is 1. The van der Waals surface area contributed by atoms with Gasteiger partial charge in [-0.15, -0.1) is 0 Å². The number of carbonyl (C=O) groups excluding carboxylic acids is 1. The van der Waals surface area contributed by atoms with Crippen LogP contribution in [0.5, 0.6) is 0 Å². The molecule has 0 aromatic heterocycles. The Balaban J connectivity index is 2.22. The van der Waals surface area contributed by atoms with Crippen molar-refractivity contribution < 1.29 is 4.79 Å². The van der Waals surface area contributed by atoms with Crippen molar-refractivity contribution in [2.45, 2.75) is 46.6 Å². The Hall–Kier alpha value is -1.35. The number of carbonyl (C=O) groups is 1. The molecule has 0 aliphatic heterocycles. The molecule has 112 valence electrons. The minimum Gasteiger partial charge on any atom is -0.355 e. The van der Waals surface area contributed by atoms with Crippen LogP contribution in [0.4, 0.5) is 0 Å². The van der Waals surface area contributed by atoms with Gasteiger partial charge in [0.05, 0.1) is 6.04 Å². The van der Waals surface area contributed by atoms with Crippen molar-refractivity contribution in [1.82, 2.24) is 10.6 Å². The summed E-state index contributed by atoms with van der Waals surface area (Å²) in [7, 11) is 0. The van der Waals surface area contributed by atoms with Gasteiger partial charge in [0, 0.05) is 6.54 Å². The van der Waals surface area contributed by atoms with E-state index in [1.807, 2.05) is 6.92 Å². The highest BCUT2D eigenvalue weighted by atomic mass is 16.2. The van der Waals surface area contributed by atoms with Gasteiger partial charge in [0.1, 0.15) is 0 Å². The minimum absolute atomic E-state index is 0.0925.